The van der Waals surface area contributed by atoms with Crippen LogP contribution in [-0.4, -0.2) is 16.8 Å². The van der Waals surface area contributed by atoms with Crippen LogP contribution < -0.4 is 11.1 Å². The quantitative estimate of drug-likeness (QED) is 0.819. The van der Waals surface area contributed by atoms with Crippen molar-refractivity contribution in [3.8, 4) is 5.69 Å². The van der Waals surface area contributed by atoms with E-state index in [1.165, 1.54) is 0 Å². The van der Waals surface area contributed by atoms with Crippen LogP contribution in [0, 0.1) is 0 Å². The van der Waals surface area contributed by atoms with Crippen molar-refractivity contribution in [1.82, 2.24) is 9.78 Å². The highest BCUT2D eigenvalue weighted by atomic mass is 35.5. The molecule has 1 aromatic heterocycles. The molecule has 0 aliphatic rings. The third-order valence-corrected chi connectivity index (χ3v) is 2.38. The van der Waals surface area contributed by atoms with Crippen LogP contribution in [0.4, 0.5) is 11.6 Å². The van der Waals surface area contributed by atoms with Crippen LogP contribution in [0.15, 0.2) is 30.3 Å². The second-order valence-corrected chi connectivity index (χ2v) is 3.47. The predicted molar refractivity (Wildman–Crippen MR) is 62.5 cm³/mol. The Kier molecular flexibility index (Phi) is 2.51. The zero-order chi connectivity index (χ0) is 10.8. The zero-order valence-electron chi connectivity index (χ0n) is 8.24. The Morgan fingerprint density at radius 3 is 2.80 bits per heavy atom. The van der Waals surface area contributed by atoms with Crippen molar-refractivity contribution in [2.45, 2.75) is 0 Å². The van der Waals surface area contributed by atoms with Gasteiger partial charge in [-0.05, 0) is 12.1 Å². The molecule has 0 amide bonds. The summed E-state index contributed by atoms with van der Waals surface area (Å²) in [6.45, 7) is 0. The number of nitrogens with two attached hydrogens (primary N) is 1. The van der Waals surface area contributed by atoms with Crippen molar-refractivity contribution in [2.24, 2.45) is 0 Å². The summed E-state index contributed by atoms with van der Waals surface area (Å²) in [5.74, 6) is 1.26. The average Bonchev–Trinajstić information content (AvgIpc) is 2.60. The molecule has 78 valence electrons. The van der Waals surface area contributed by atoms with Crippen LogP contribution in [0.25, 0.3) is 5.69 Å². The summed E-state index contributed by atoms with van der Waals surface area (Å²) in [6.07, 6.45) is 0. The van der Waals surface area contributed by atoms with Gasteiger partial charge in [-0.3, -0.25) is 0 Å². The topological polar surface area (TPSA) is 55.9 Å². The van der Waals surface area contributed by atoms with Gasteiger partial charge in [0.1, 0.15) is 11.6 Å². The molecule has 3 N–H and O–H groups in total. The standard InChI is InChI=1S/C10H11ClN4/c1-13-10-6-9(12)14-15(10)8-5-3-2-4-7(8)11/h2-6,13H,1H3,(H2,12,14). The number of nitrogen functional groups attached to an aromatic ring is 1. The molecule has 0 saturated carbocycles. The number of hydrogen-bond acceptors (Lipinski definition) is 3. The number of aromatic nitrogens is 2. The van der Waals surface area contributed by atoms with E-state index >= 15 is 0 Å². The van der Waals surface area contributed by atoms with Crippen molar-refractivity contribution in [3.05, 3.63) is 35.4 Å². The number of halogens is 1. The molecule has 0 fully saturated rings. The fourth-order valence-electron chi connectivity index (χ4n) is 1.38. The van der Waals surface area contributed by atoms with E-state index in [4.69, 9.17) is 17.3 Å². The highest BCUT2D eigenvalue weighted by Crippen LogP contribution is 2.24. The lowest BCUT2D eigenvalue weighted by Crippen LogP contribution is -2.02. The summed E-state index contributed by atoms with van der Waals surface area (Å²) < 4.78 is 1.68. The highest BCUT2D eigenvalue weighted by molar-refractivity contribution is 6.32. The summed E-state index contributed by atoms with van der Waals surface area (Å²) in [4.78, 5) is 0. The van der Waals surface area contributed by atoms with E-state index in [-0.39, 0.29) is 0 Å². The Labute approximate surface area is 92.7 Å². The Balaban J connectivity index is 2.58. The van der Waals surface area contributed by atoms with Crippen LogP contribution in [0.2, 0.25) is 5.02 Å². The van der Waals surface area contributed by atoms with E-state index < -0.39 is 0 Å². The van der Waals surface area contributed by atoms with Gasteiger partial charge in [-0.15, -0.1) is 5.10 Å². The second kappa shape index (κ2) is 3.82. The molecule has 0 radical (unpaired) electrons. The van der Waals surface area contributed by atoms with Crippen molar-refractivity contribution < 1.29 is 0 Å². The Morgan fingerprint density at radius 1 is 1.40 bits per heavy atom. The van der Waals surface area contributed by atoms with Gasteiger partial charge in [-0.25, -0.2) is 4.68 Å². The van der Waals surface area contributed by atoms with Gasteiger partial charge >= 0.3 is 0 Å². The van der Waals surface area contributed by atoms with Crippen LogP contribution in [-0.2, 0) is 0 Å². The Morgan fingerprint density at radius 2 is 2.13 bits per heavy atom. The minimum atomic E-state index is 0.458. The Bertz CT molecular complexity index is 478. The lowest BCUT2D eigenvalue weighted by Gasteiger charge is -2.07. The fourth-order valence-corrected chi connectivity index (χ4v) is 1.60. The van der Waals surface area contributed by atoms with Crippen molar-refractivity contribution in [1.29, 1.82) is 0 Å². The zero-order valence-corrected chi connectivity index (χ0v) is 8.99. The van der Waals surface area contributed by atoms with E-state index in [0.717, 1.165) is 11.5 Å². The largest absolute Gasteiger partial charge is 0.382 e. The first-order chi connectivity index (χ1) is 7.22. The maximum atomic E-state index is 6.07. The number of para-hydroxylation sites is 1. The van der Waals surface area contributed by atoms with Gasteiger partial charge in [-0.1, -0.05) is 23.7 Å². The van der Waals surface area contributed by atoms with E-state index in [9.17, 15) is 0 Å². The average molecular weight is 223 g/mol. The van der Waals surface area contributed by atoms with Gasteiger partial charge in [0, 0.05) is 13.1 Å². The number of hydrogen-bond donors (Lipinski definition) is 2. The van der Waals surface area contributed by atoms with Crippen LogP contribution in [0.5, 0.6) is 0 Å². The summed E-state index contributed by atoms with van der Waals surface area (Å²) >= 11 is 6.07. The minimum Gasteiger partial charge on any atom is -0.382 e. The smallest absolute Gasteiger partial charge is 0.148 e. The van der Waals surface area contributed by atoms with Gasteiger partial charge < -0.3 is 11.1 Å². The lowest BCUT2D eigenvalue weighted by molar-refractivity contribution is 0.891. The van der Waals surface area contributed by atoms with E-state index in [1.807, 2.05) is 31.3 Å². The molecule has 0 aliphatic heterocycles. The summed E-state index contributed by atoms with van der Waals surface area (Å²) in [5, 5.41) is 7.80. The summed E-state index contributed by atoms with van der Waals surface area (Å²) in [7, 11) is 1.81. The molecule has 15 heavy (non-hydrogen) atoms. The third kappa shape index (κ3) is 1.76. The maximum Gasteiger partial charge on any atom is 0.148 e. The summed E-state index contributed by atoms with van der Waals surface area (Å²) in [6, 6.07) is 9.23. The molecule has 4 nitrogen and oxygen atoms in total. The molecule has 2 rings (SSSR count). The fraction of sp³-hybridized carbons (Fsp3) is 0.100. The molecular formula is C10H11ClN4. The predicted octanol–water partition coefficient (Wildman–Crippen LogP) is 2.15. The molecule has 0 atom stereocenters. The molecular weight excluding hydrogens is 212 g/mol. The van der Waals surface area contributed by atoms with Gasteiger partial charge in [-0.2, -0.15) is 0 Å². The molecule has 0 bridgehead atoms. The minimum absolute atomic E-state index is 0.458. The second-order valence-electron chi connectivity index (χ2n) is 3.07. The SMILES string of the molecule is CNc1cc(N)nn1-c1ccccc1Cl. The molecule has 0 spiro atoms. The van der Waals surface area contributed by atoms with E-state index in [1.54, 1.807) is 10.7 Å². The molecule has 2 aromatic rings. The number of nitrogens with one attached hydrogen (secondary N) is 1. The van der Waals surface area contributed by atoms with Crippen molar-refractivity contribution >= 4 is 23.2 Å². The summed E-state index contributed by atoms with van der Waals surface area (Å²) in [5.41, 5.74) is 6.43. The monoisotopic (exact) mass is 222 g/mol. The normalized spacial score (nSPS) is 10.3. The number of nitrogens with zero attached hydrogens (tertiary/aromatic N) is 2. The highest BCUT2D eigenvalue weighted by Gasteiger charge is 2.08. The molecule has 0 saturated heterocycles. The van der Waals surface area contributed by atoms with Crippen LogP contribution in [0.1, 0.15) is 0 Å². The molecule has 0 aliphatic carbocycles. The first-order valence-electron chi connectivity index (χ1n) is 4.50. The van der Waals surface area contributed by atoms with Crippen molar-refractivity contribution in [3.63, 3.8) is 0 Å². The first-order valence-corrected chi connectivity index (χ1v) is 4.88. The number of rotatable bonds is 2. The molecule has 1 heterocycles. The Hall–Kier alpha value is -1.68. The van der Waals surface area contributed by atoms with Gasteiger partial charge in [0.2, 0.25) is 0 Å². The van der Waals surface area contributed by atoms with E-state index in [0.29, 0.717) is 10.8 Å². The lowest BCUT2D eigenvalue weighted by atomic mass is 10.3. The first kappa shape index (κ1) is 9.86. The van der Waals surface area contributed by atoms with Gasteiger partial charge in [0.15, 0.2) is 0 Å². The molecule has 5 heteroatoms. The molecule has 0 unspecified atom stereocenters. The van der Waals surface area contributed by atoms with E-state index in [2.05, 4.69) is 10.4 Å². The van der Waals surface area contributed by atoms with Crippen molar-refractivity contribution in [2.75, 3.05) is 18.1 Å². The van der Waals surface area contributed by atoms with Crippen LogP contribution >= 0.6 is 11.6 Å². The maximum absolute atomic E-state index is 6.07. The third-order valence-electron chi connectivity index (χ3n) is 2.07. The molecule has 1 aromatic carbocycles. The number of benzene rings is 1. The number of anilines is 2. The van der Waals surface area contributed by atoms with Gasteiger partial charge in [0.05, 0.1) is 10.7 Å². The van der Waals surface area contributed by atoms with Crippen LogP contribution in [0.3, 0.4) is 0 Å². The van der Waals surface area contributed by atoms with Gasteiger partial charge in [0.25, 0.3) is 0 Å².